The smallest absolute Gasteiger partial charge is 0.319 e. The Bertz CT molecular complexity index is 1140. The average Bonchev–Trinajstić information content (AvgIpc) is 3.17. The van der Waals surface area contributed by atoms with Crippen LogP contribution in [0, 0.1) is 13.8 Å². The van der Waals surface area contributed by atoms with Crippen molar-refractivity contribution in [1.82, 2.24) is 15.1 Å². The summed E-state index contributed by atoms with van der Waals surface area (Å²) in [6.07, 6.45) is 0.933. The van der Waals surface area contributed by atoms with Crippen LogP contribution in [0.2, 0.25) is 0 Å². The zero-order chi connectivity index (χ0) is 24.2. The Morgan fingerprint density at radius 2 is 1.67 bits per heavy atom. The molecule has 3 amide bonds. The second kappa shape index (κ2) is 9.90. The van der Waals surface area contributed by atoms with E-state index >= 15 is 0 Å². The summed E-state index contributed by atoms with van der Waals surface area (Å²) in [7, 11) is 0. The summed E-state index contributed by atoms with van der Waals surface area (Å²) in [6.45, 7) is 12.2. The van der Waals surface area contributed by atoms with Crippen LogP contribution in [0.1, 0.15) is 50.1 Å². The Kier molecular flexibility index (Phi) is 7.21. The SMILES string of the molecule is CCc1ccc(NC(=O)NCC(=O)Nc2cc(C(C)(C)C)nn2-c2ccc(C)cc2C)cc1. The predicted molar refractivity (Wildman–Crippen MR) is 133 cm³/mol. The summed E-state index contributed by atoms with van der Waals surface area (Å²) in [5, 5.41) is 13.0. The van der Waals surface area contributed by atoms with Gasteiger partial charge in [0.2, 0.25) is 5.91 Å². The van der Waals surface area contributed by atoms with Crippen molar-refractivity contribution < 1.29 is 9.59 Å². The fourth-order valence-corrected chi connectivity index (χ4v) is 3.41. The molecule has 0 fully saturated rings. The van der Waals surface area contributed by atoms with E-state index in [1.807, 2.05) is 56.3 Å². The molecule has 0 aliphatic carbocycles. The largest absolute Gasteiger partial charge is 0.329 e. The first kappa shape index (κ1) is 24.0. The maximum absolute atomic E-state index is 12.6. The molecule has 0 radical (unpaired) electrons. The van der Waals surface area contributed by atoms with Gasteiger partial charge in [-0.25, -0.2) is 9.48 Å². The maximum Gasteiger partial charge on any atom is 0.319 e. The summed E-state index contributed by atoms with van der Waals surface area (Å²) >= 11 is 0. The first-order valence-corrected chi connectivity index (χ1v) is 11.2. The number of nitrogens with zero attached hydrogens (tertiary/aromatic N) is 2. The Balaban J connectivity index is 1.70. The van der Waals surface area contributed by atoms with Crippen molar-refractivity contribution in [3.05, 3.63) is 70.9 Å². The maximum atomic E-state index is 12.6. The van der Waals surface area contributed by atoms with Crippen LogP contribution in [0.15, 0.2) is 48.5 Å². The van der Waals surface area contributed by atoms with Crippen LogP contribution in [-0.2, 0) is 16.6 Å². The molecule has 0 aliphatic rings. The van der Waals surface area contributed by atoms with Crippen molar-refractivity contribution in [2.75, 3.05) is 17.2 Å². The molecule has 1 heterocycles. The molecule has 174 valence electrons. The van der Waals surface area contributed by atoms with Gasteiger partial charge in [-0.1, -0.05) is 57.5 Å². The van der Waals surface area contributed by atoms with Gasteiger partial charge < -0.3 is 16.0 Å². The number of urea groups is 1. The van der Waals surface area contributed by atoms with Gasteiger partial charge in [-0.3, -0.25) is 4.79 Å². The van der Waals surface area contributed by atoms with Crippen LogP contribution in [0.4, 0.5) is 16.3 Å². The lowest BCUT2D eigenvalue weighted by Crippen LogP contribution is -2.36. The van der Waals surface area contributed by atoms with Crippen molar-refractivity contribution in [1.29, 1.82) is 0 Å². The highest BCUT2D eigenvalue weighted by Gasteiger charge is 2.22. The number of hydrogen-bond acceptors (Lipinski definition) is 3. The molecule has 0 unspecified atom stereocenters. The van der Waals surface area contributed by atoms with Crippen LogP contribution in [0.5, 0.6) is 0 Å². The van der Waals surface area contributed by atoms with E-state index in [2.05, 4.69) is 49.7 Å². The van der Waals surface area contributed by atoms with Crippen LogP contribution < -0.4 is 16.0 Å². The Labute approximate surface area is 195 Å². The molecule has 3 rings (SSSR count). The van der Waals surface area contributed by atoms with Crippen LogP contribution in [-0.4, -0.2) is 28.3 Å². The van der Waals surface area contributed by atoms with E-state index < -0.39 is 6.03 Å². The average molecular weight is 448 g/mol. The third kappa shape index (κ3) is 6.22. The van der Waals surface area contributed by atoms with Crippen molar-refractivity contribution >= 4 is 23.4 Å². The minimum absolute atomic E-state index is 0.165. The number of aromatic nitrogens is 2. The van der Waals surface area contributed by atoms with Gasteiger partial charge in [-0.15, -0.1) is 0 Å². The molecule has 1 aromatic heterocycles. The fourth-order valence-electron chi connectivity index (χ4n) is 3.41. The van der Waals surface area contributed by atoms with Gasteiger partial charge in [0, 0.05) is 17.2 Å². The number of aryl methyl sites for hydroxylation is 3. The molecule has 0 spiro atoms. The second-order valence-corrected chi connectivity index (χ2v) is 9.27. The highest BCUT2D eigenvalue weighted by molar-refractivity contribution is 5.96. The molecule has 0 saturated carbocycles. The van der Waals surface area contributed by atoms with Crippen LogP contribution >= 0.6 is 0 Å². The van der Waals surface area contributed by atoms with E-state index in [-0.39, 0.29) is 17.9 Å². The molecular weight excluding hydrogens is 414 g/mol. The molecule has 0 bridgehead atoms. The number of carbonyl (C=O) groups is 2. The standard InChI is InChI=1S/C26H33N5O2/c1-7-19-9-11-20(12-10-19)28-25(33)27-16-24(32)29-23-15-22(26(4,5)6)30-31(23)21-13-8-17(2)14-18(21)3/h8-15H,7,16H2,1-6H3,(H,29,32)(H2,27,28,33). The zero-order valence-electron chi connectivity index (χ0n) is 20.2. The number of carbonyl (C=O) groups excluding carboxylic acids is 2. The van der Waals surface area contributed by atoms with Gasteiger partial charge in [0.15, 0.2) is 0 Å². The van der Waals surface area contributed by atoms with E-state index in [0.29, 0.717) is 11.5 Å². The third-order valence-electron chi connectivity index (χ3n) is 5.36. The molecule has 0 atom stereocenters. The zero-order valence-corrected chi connectivity index (χ0v) is 20.2. The molecule has 7 heteroatoms. The predicted octanol–water partition coefficient (Wildman–Crippen LogP) is 5.11. The number of anilines is 2. The van der Waals surface area contributed by atoms with Crippen molar-refractivity contribution in [3.8, 4) is 5.69 Å². The van der Waals surface area contributed by atoms with E-state index in [0.717, 1.165) is 28.9 Å². The first-order valence-electron chi connectivity index (χ1n) is 11.2. The highest BCUT2D eigenvalue weighted by Crippen LogP contribution is 2.27. The van der Waals surface area contributed by atoms with E-state index in [1.54, 1.807) is 4.68 Å². The molecule has 0 saturated heterocycles. The Hall–Kier alpha value is -3.61. The minimum atomic E-state index is -0.437. The monoisotopic (exact) mass is 447 g/mol. The van der Waals surface area contributed by atoms with Gasteiger partial charge in [0.1, 0.15) is 5.82 Å². The topological polar surface area (TPSA) is 88.1 Å². The van der Waals surface area contributed by atoms with Gasteiger partial charge in [-0.2, -0.15) is 5.10 Å². The van der Waals surface area contributed by atoms with E-state index in [4.69, 9.17) is 5.10 Å². The molecule has 3 N–H and O–H groups in total. The summed E-state index contributed by atoms with van der Waals surface area (Å²) in [5.74, 6) is 0.229. The Morgan fingerprint density at radius 1 is 0.970 bits per heavy atom. The van der Waals surface area contributed by atoms with Crippen molar-refractivity contribution in [2.24, 2.45) is 0 Å². The minimum Gasteiger partial charge on any atom is -0.329 e. The van der Waals surface area contributed by atoms with Gasteiger partial charge in [0.05, 0.1) is 17.9 Å². The third-order valence-corrected chi connectivity index (χ3v) is 5.36. The number of rotatable bonds is 6. The lowest BCUT2D eigenvalue weighted by Gasteiger charge is -2.14. The number of nitrogens with one attached hydrogen (secondary N) is 3. The van der Waals surface area contributed by atoms with E-state index in [9.17, 15) is 9.59 Å². The lowest BCUT2D eigenvalue weighted by molar-refractivity contribution is -0.115. The molecular formula is C26H33N5O2. The highest BCUT2D eigenvalue weighted by atomic mass is 16.2. The second-order valence-electron chi connectivity index (χ2n) is 9.27. The molecule has 7 nitrogen and oxygen atoms in total. The summed E-state index contributed by atoms with van der Waals surface area (Å²) in [4.78, 5) is 24.8. The number of amides is 3. The Morgan fingerprint density at radius 3 is 2.27 bits per heavy atom. The molecule has 0 aliphatic heterocycles. The van der Waals surface area contributed by atoms with Crippen LogP contribution in [0.25, 0.3) is 5.69 Å². The lowest BCUT2D eigenvalue weighted by atomic mass is 9.92. The van der Waals surface area contributed by atoms with Gasteiger partial charge in [-0.05, 0) is 49.6 Å². The van der Waals surface area contributed by atoms with Crippen molar-refractivity contribution in [2.45, 2.75) is 53.4 Å². The summed E-state index contributed by atoms with van der Waals surface area (Å²) in [6, 6.07) is 15.1. The van der Waals surface area contributed by atoms with Crippen LogP contribution in [0.3, 0.4) is 0 Å². The molecule has 33 heavy (non-hydrogen) atoms. The number of hydrogen-bond donors (Lipinski definition) is 3. The summed E-state index contributed by atoms with van der Waals surface area (Å²) < 4.78 is 1.75. The van der Waals surface area contributed by atoms with E-state index in [1.165, 1.54) is 5.56 Å². The van der Waals surface area contributed by atoms with Crippen molar-refractivity contribution in [3.63, 3.8) is 0 Å². The molecule has 3 aromatic rings. The van der Waals surface area contributed by atoms with Gasteiger partial charge >= 0.3 is 6.03 Å². The fraction of sp³-hybridized carbons (Fsp3) is 0.346. The number of benzene rings is 2. The quantitative estimate of drug-likeness (QED) is 0.491. The summed E-state index contributed by atoms with van der Waals surface area (Å²) in [5.41, 5.74) is 5.65. The molecule has 2 aromatic carbocycles. The van der Waals surface area contributed by atoms with Gasteiger partial charge in [0.25, 0.3) is 0 Å². The first-order chi connectivity index (χ1) is 15.6. The normalized spacial score (nSPS) is 11.2.